The number of anilines is 1. The molecular weight excluding hydrogens is 448 g/mol. The summed E-state index contributed by atoms with van der Waals surface area (Å²) in [6, 6.07) is 15.2. The fourth-order valence-electron chi connectivity index (χ4n) is 3.82. The molecule has 0 unspecified atom stereocenters. The van der Waals surface area contributed by atoms with Crippen LogP contribution in [0.25, 0.3) is 6.08 Å². The van der Waals surface area contributed by atoms with Crippen LogP contribution in [0, 0.1) is 11.3 Å². The lowest BCUT2D eigenvalue weighted by Crippen LogP contribution is -2.36. The largest absolute Gasteiger partial charge is 0.493 e. The maximum Gasteiger partial charge on any atom is 0.249 e. The Morgan fingerprint density at radius 2 is 2.09 bits per heavy atom. The van der Waals surface area contributed by atoms with Crippen LogP contribution in [0.4, 0.5) is 5.00 Å². The molecule has 0 aliphatic carbocycles. The van der Waals surface area contributed by atoms with Crippen molar-refractivity contribution in [3.05, 3.63) is 82.0 Å². The van der Waals surface area contributed by atoms with Gasteiger partial charge in [0.05, 0.1) is 25.1 Å². The third kappa shape index (κ3) is 5.33. The van der Waals surface area contributed by atoms with Gasteiger partial charge >= 0.3 is 0 Å². The number of ether oxygens (including phenoxy) is 1. The number of hydrogen-bond acceptors (Lipinski definition) is 6. The summed E-state index contributed by atoms with van der Waals surface area (Å²) in [7, 11) is 0. The van der Waals surface area contributed by atoms with E-state index in [1.807, 2.05) is 49.4 Å². The number of nitrogens with one attached hydrogen (secondary N) is 1. The zero-order valence-corrected chi connectivity index (χ0v) is 19.6. The van der Waals surface area contributed by atoms with Crippen LogP contribution in [-0.2, 0) is 29.0 Å². The molecule has 3 aromatic rings. The Morgan fingerprint density at radius 3 is 2.85 bits per heavy atom. The fourth-order valence-corrected chi connectivity index (χ4v) is 5.03. The number of nitriles is 1. The molecule has 1 N–H and O–H groups in total. The van der Waals surface area contributed by atoms with Crippen molar-refractivity contribution in [2.24, 2.45) is 0 Å². The van der Waals surface area contributed by atoms with E-state index in [4.69, 9.17) is 4.74 Å². The predicted molar refractivity (Wildman–Crippen MR) is 131 cm³/mol. The van der Waals surface area contributed by atoms with Crippen molar-refractivity contribution in [1.29, 1.82) is 5.26 Å². The third-order valence-corrected chi connectivity index (χ3v) is 6.58. The summed E-state index contributed by atoms with van der Waals surface area (Å²) in [5.74, 6) is 0.371. The molecule has 1 aromatic carbocycles. The summed E-state index contributed by atoms with van der Waals surface area (Å²) in [4.78, 5) is 32.3. The van der Waals surface area contributed by atoms with Gasteiger partial charge in [-0.2, -0.15) is 5.26 Å². The number of nitrogens with zero attached hydrogens (tertiary/aromatic N) is 3. The minimum absolute atomic E-state index is 0.00209. The van der Waals surface area contributed by atoms with Gasteiger partial charge in [0.2, 0.25) is 11.8 Å². The monoisotopic (exact) mass is 472 g/mol. The average molecular weight is 473 g/mol. The second kappa shape index (κ2) is 10.8. The molecular formula is C26H24N4O3S. The average Bonchev–Trinajstić information content (AvgIpc) is 3.20. The number of aromatic nitrogens is 1. The molecule has 4 rings (SSSR count). The zero-order valence-electron chi connectivity index (χ0n) is 18.8. The smallest absolute Gasteiger partial charge is 0.249 e. The van der Waals surface area contributed by atoms with E-state index in [2.05, 4.69) is 16.4 Å². The Morgan fingerprint density at radius 1 is 1.26 bits per heavy atom. The molecule has 2 aromatic heterocycles. The SMILES string of the molecule is CCOc1ccccc1/C=C/C(=O)Nc1sc2c(c1C#N)CCN(C(=O)Cc1ccccn1)C2. The second-order valence-corrected chi connectivity index (χ2v) is 8.78. The van der Waals surface area contributed by atoms with Crippen LogP contribution in [0.15, 0.2) is 54.7 Å². The number of benzene rings is 1. The summed E-state index contributed by atoms with van der Waals surface area (Å²) < 4.78 is 5.59. The Bertz CT molecular complexity index is 1260. The summed E-state index contributed by atoms with van der Waals surface area (Å²) in [5.41, 5.74) is 2.92. The van der Waals surface area contributed by atoms with Crippen molar-refractivity contribution in [2.75, 3.05) is 18.5 Å². The van der Waals surface area contributed by atoms with Gasteiger partial charge in [0.15, 0.2) is 0 Å². The van der Waals surface area contributed by atoms with Crippen LogP contribution in [0.2, 0.25) is 0 Å². The molecule has 34 heavy (non-hydrogen) atoms. The van der Waals surface area contributed by atoms with Gasteiger partial charge in [0, 0.05) is 35.0 Å². The van der Waals surface area contributed by atoms with E-state index in [1.165, 1.54) is 17.4 Å². The number of carbonyl (C=O) groups excluding carboxylic acids is 2. The van der Waals surface area contributed by atoms with Gasteiger partial charge in [0.25, 0.3) is 0 Å². The highest BCUT2D eigenvalue weighted by atomic mass is 32.1. The normalized spacial score (nSPS) is 12.8. The lowest BCUT2D eigenvalue weighted by Gasteiger charge is -2.27. The highest BCUT2D eigenvalue weighted by Crippen LogP contribution is 2.36. The topological polar surface area (TPSA) is 95.3 Å². The van der Waals surface area contributed by atoms with E-state index in [1.54, 1.807) is 17.2 Å². The van der Waals surface area contributed by atoms with Gasteiger partial charge < -0.3 is 15.0 Å². The van der Waals surface area contributed by atoms with E-state index in [-0.39, 0.29) is 18.2 Å². The van der Waals surface area contributed by atoms with Crippen LogP contribution >= 0.6 is 11.3 Å². The van der Waals surface area contributed by atoms with Crippen LogP contribution in [0.3, 0.4) is 0 Å². The molecule has 1 aliphatic heterocycles. The molecule has 0 spiro atoms. The van der Waals surface area contributed by atoms with E-state index in [9.17, 15) is 14.9 Å². The second-order valence-electron chi connectivity index (χ2n) is 7.68. The maximum atomic E-state index is 12.7. The first-order chi connectivity index (χ1) is 16.6. The number of para-hydroxylation sites is 1. The van der Waals surface area contributed by atoms with Gasteiger partial charge in [0.1, 0.15) is 16.8 Å². The number of amides is 2. The number of rotatable bonds is 7. The summed E-state index contributed by atoms with van der Waals surface area (Å²) in [5, 5.41) is 13.1. The van der Waals surface area contributed by atoms with Gasteiger partial charge in [-0.1, -0.05) is 24.3 Å². The summed E-state index contributed by atoms with van der Waals surface area (Å²) >= 11 is 1.35. The standard InChI is InChI=1S/C26H24N4O3S/c1-2-33-22-9-4-3-7-18(22)10-11-24(31)29-26-21(16-27)20-12-14-30(17-23(20)34-26)25(32)15-19-8-5-6-13-28-19/h3-11,13H,2,12,14-15,17H2,1H3,(H,29,31)/b11-10+. The predicted octanol–water partition coefficient (Wildman–Crippen LogP) is 4.19. The molecule has 0 radical (unpaired) electrons. The highest BCUT2D eigenvalue weighted by Gasteiger charge is 2.27. The minimum Gasteiger partial charge on any atom is -0.493 e. The fraction of sp³-hybridized carbons (Fsp3) is 0.231. The van der Waals surface area contributed by atoms with Crippen molar-refractivity contribution < 1.29 is 14.3 Å². The molecule has 172 valence electrons. The van der Waals surface area contributed by atoms with Crippen molar-refractivity contribution >= 4 is 34.2 Å². The third-order valence-electron chi connectivity index (χ3n) is 5.45. The quantitative estimate of drug-likeness (QED) is 0.520. The minimum atomic E-state index is -0.329. The van der Waals surface area contributed by atoms with Gasteiger partial charge in [-0.05, 0) is 43.2 Å². The van der Waals surface area contributed by atoms with Crippen LogP contribution in [0.1, 0.15) is 34.2 Å². The Balaban J connectivity index is 1.45. The van der Waals surface area contributed by atoms with Crippen molar-refractivity contribution in [3.63, 3.8) is 0 Å². The molecule has 2 amide bonds. The number of fused-ring (bicyclic) bond motifs is 1. The Kier molecular flexibility index (Phi) is 7.35. The molecule has 0 fully saturated rings. The molecule has 3 heterocycles. The molecule has 0 saturated heterocycles. The summed E-state index contributed by atoms with van der Waals surface area (Å²) in [6.07, 6.45) is 5.62. The Hall–Kier alpha value is -3.96. The molecule has 1 aliphatic rings. The van der Waals surface area contributed by atoms with Gasteiger partial charge in [-0.25, -0.2) is 0 Å². The van der Waals surface area contributed by atoms with E-state index < -0.39 is 0 Å². The molecule has 0 bridgehead atoms. The van der Waals surface area contributed by atoms with Crippen molar-refractivity contribution in [2.45, 2.75) is 26.3 Å². The maximum absolute atomic E-state index is 12.7. The van der Waals surface area contributed by atoms with Crippen molar-refractivity contribution in [1.82, 2.24) is 9.88 Å². The van der Waals surface area contributed by atoms with Gasteiger partial charge in [-0.3, -0.25) is 14.6 Å². The summed E-state index contributed by atoms with van der Waals surface area (Å²) in [6.45, 7) is 3.40. The van der Waals surface area contributed by atoms with E-state index in [0.717, 1.165) is 21.7 Å². The lowest BCUT2D eigenvalue weighted by atomic mass is 10.0. The first kappa shape index (κ1) is 23.2. The van der Waals surface area contributed by atoms with E-state index in [0.29, 0.717) is 42.4 Å². The lowest BCUT2D eigenvalue weighted by molar-refractivity contribution is -0.131. The molecule has 7 nitrogen and oxygen atoms in total. The highest BCUT2D eigenvalue weighted by molar-refractivity contribution is 7.16. The van der Waals surface area contributed by atoms with Crippen LogP contribution in [0.5, 0.6) is 5.75 Å². The number of pyridine rings is 1. The first-order valence-corrected chi connectivity index (χ1v) is 11.8. The molecule has 0 saturated carbocycles. The number of carbonyl (C=O) groups is 2. The molecule has 8 heteroatoms. The van der Waals surface area contributed by atoms with Gasteiger partial charge in [-0.15, -0.1) is 11.3 Å². The van der Waals surface area contributed by atoms with Crippen LogP contribution in [-0.4, -0.2) is 34.8 Å². The van der Waals surface area contributed by atoms with E-state index >= 15 is 0 Å². The Labute approximate surface area is 202 Å². The first-order valence-electron chi connectivity index (χ1n) is 11.0. The van der Waals surface area contributed by atoms with Crippen molar-refractivity contribution in [3.8, 4) is 11.8 Å². The number of thiophene rings is 1. The van der Waals surface area contributed by atoms with Crippen LogP contribution < -0.4 is 10.1 Å². The zero-order chi connectivity index (χ0) is 23.9. The molecule has 0 atom stereocenters. The number of hydrogen-bond donors (Lipinski definition) is 1.